The Balaban J connectivity index is 1.70. The van der Waals surface area contributed by atoms with Gasteiger partial charge in [-0.2, -0.15) is 0 Å². The molecule has 0 saturated carbocycles. The van der Waals surface area contributed by atoms with Crippen molar-refractivity contribution in [2.75, 3.05) is 24.3 Å². The minimum Gasteiger partial charge on any atom is -0.382 e. The van der Waals surface area contributed by atoms with Gasteiger partial charge >= 0.3 is 0 Å². The van der Waals surface area contributed by atoms with Crippen LogP contribution >= 0.6 is 35.0 Å². The van der Waals surface area contributed by atoms with E-state index in [1.54, 1.807) is 24.3 Å². The van der Waals surface area contributed by atoms with Gasteiger partial charge in [0, 0.05) is 41.1 Å². The van der Waals surface area contributed by atoms with Crippen molar-refractivity contribution in [2.24, 2.45) is 0 Å². The summed E-state index contributed by atoms with van der Waals surface area (Å²) in [4.78, 5) is 12.3. The molecule has 158 valence electrons. The minimum absolute atomic E-state index is 0.126. The van der Waals surface area contributed by atoms with Crippen molar-refractivity contribution in [3.63, 3.8) is 0 Å². The van der Waals surface area contributed by atoms with E-state index in [-0.39, 0.29) is 11.7 Å². The highest BCUT2D eigenvalue weighted by Crippen LogP contribution is 2.26. The number of aromatic nitrogens is 3. The first kappa shape index (κ1) is 22.6. The van der Waals surface area contributed by atoms with Gasteiger partial charge in [0.15, 0.2) is 11.0 Å². The van der Waals surface area contributed by atoms with Crippen LogP contribution < -0.4 is 5.32 Å². The molecule has 0 bridgehead atoms. The first-order valence-corrected chi connectivity index (χ1v) is 11.3. The number of halogens is 2. The summed E-state index contributed by atoms with van der Waals surface area (Å²) in [5, 5.41) is 13.5. The molecule has 0 saturated heterocycles. The molecule has 30 heavy (non-hydrogen) atoms. The fraction of sp³-hybridized carbons (Fsp3) is 0.286. The summed E-state index contributed by atoms with van der Waals surface area (Å²) >= 11 is 13.2. The maximum atomic E-state index is 12.3. The van der Waals surface area contributed by atoms with Crippen LogP contribution in [0, 0.1) is 0 Å². The van der Waals surface area contributed by atoms with E-state index in [9.17, 15) is 4.79 Å². The summed E-state index contributed by atoms with van der Waals surface area (Å²) in [6.07, 6.45) is 0.816. The number of hydrogen-bond acceptors (Lipinski definition) is 5. The monoisotopic (exact) mass is 464 g/mol. The van der Waals surface area contributed by atoms with Gasteiger partial charge in [-0.15, -0.1) is 10.2 Å². The molecule has 0 unspecified atom stereocenters. The quantitative estimate of drug-likeness (QED) is 0.320. The standard InChI is InChI=1S/C21H22Cl2N4O2S/c1-2-29-13-3-12-27-20(15-4-6-16(22)7-5-15)25-26-21(27)30-14-19(28)24-18-10-8-17(23)9-11-18/h4-11H,2-3,12-14H2,1H3,(H,24,28). The lowest BCUT2D eigenvalue weighted by Crippen LogP contribution is -2.14. The van der Waals surface area contributed by atoms with Crippen LogP contribution in [0.1, 0.15) is 13.3 Å². The molecule has 0 spiro atoms. The zero-order valence-electron chi connectivity index (χ0n) is 16.5. The Kier molecular flexibility index (Phi) is 8.57. The number of carbonyl (C=O) groups excluding carboxylic acids is 1. The number of ether oxygens (including phenoxy) is 1. The van der Waals surface area contributed by atoms with Crippen molar-refractivity contribution >= 4 is 46.6 Å². The number of hydrogen-bond donors (Lipinski definition) is 1. The molecule has 0 aliphatic carbocycles. The predicted molar refractivity (Wildman–Crippen MR) is 122 cm³/mol. The summed E-state index contributed by atoms with van der Waals surface area (Å²) in [7, 11) is 0. The number of thioether (sulfide) groups is 1. The van der Waals surface area contributed by atoms with Crippen molar-refractivity contribution in [3.05, 3.63) is 58.6 Å². The van der Waals surface area contributed by atoms with E-state index in [4.69, 9.17) is 27.9 Å². The molecule has 1 aromatic heterocycles. The molecular formula is C21H22Cl2N4O2S. The van der Waals surface area contributed by atoms with Crippen molar-refractivity contribution in [2.45, 2.75) is 25.0 Å². The summed E-state index contributed by atoms with van der Waals surface area (Å²) in [6, 6.07) is 14.5. The molecule has 6 nitrogen and oxygen atoms in total. The maximum absolute atomic E-state index is 12.3. The molecule has 1 N–H and O–H groups in total. The Morgan fingerprint density at radius 1 is 1.07 bits per heavy atom. The zero-order chi connectivity index (χ0) is 21.3. The normalized spacial score (nSPS) is 10.9. The van der Waals surface area contributed by atoms with Gasteiger partial charge in [0.1, 0.15) is 0 Å². The van der Waals surface area contributed by atoms with Crippen molar-refractivity contribution in [3.8, 4) is 11.4 Å². The van der Waals surface area contributed by atoms with Crippen molar-refractivity contribution in [1.29, 1.82) is 0 Å². The number of carbonyl (C=O) groups is 1. The number of rotatable bonds is 10. The molecule has 3 aromatic rings. The minimum atomic E-state index is -0.126. The van der Waals surface area contributed by atoms with Crippen LogP contribution in [-0.2, 0) is 16.1 Å². The van der Waals surface area contributed by atoms with Gasteiger partial charge in [0.25, 0.3) is 0 Å². The second-order valence-electron chi connectivity index (χ2n) is 6.36. The highest BCUT2D eigenvalue weighted by Gasteiger charge is 2.16. The number of amides is 1. The highest BCUT2D eigenvalue weighted by molar-refractivity contribution is 7.99. The molecule has 0 radical (unpaired) electrons. The summed E-state index contributed by atoms with van der Waals surface area (Å²) in [6.45, 7) is 3.99. The van der Waals surface area contributed by atoms with Gasteiger partial charge in [-0.1, -0.05) is 35.0 Å². The first-order valence-electron chi connectivity index (χ1n) is 9.52. The maximum Gasteiger partial charge on any atom is 0.234 e. The number of nitrogens with zero attached hydrogens (tertiary/aromatic N) is 3. The second kappa shape index (κ2) is 11.4. The molecule has 2 aromatic carbocycles. The SMILES string of the molecule is CCOCCCn1c(SCC(=O)Nc2ccc(Cl)cc2)nnc1-c1ccc(Cl)cc1. The molecule has 3 rings (SSSR count). The molecule has 0 fully saturated rings. The average molecular weight is 465 g/mol. The number of anilines is 1. The Morgan fingerprint density at radius 3 is 2.40 bits per heavy atom. The van der Waals surface area contributed by atoms with Gasteiger partial charge in [-0.3, -0.25) is 4.79 Å². The van der Waals surface area contributed by atoms with Crippen molar-refractivity contribution in [1.82, 2.24) is 14.8 Å². The van der Waals surface area contributed by atoms with Crippen LogP contribution in [0.3, 0.4) is 0 Å². The van der Waals surface area contributed by atoms with E-state index in [1.165, 1.54) is 11.8 Å². The molecule has 1 amide bonds. The summed E-state index contributed by atoms with van der Waals surface area (Å²) < 4.78 is 7.47. The van der Waals surface area contributed by atoms with Crippen LogP contribution in [0.15, 0.2) is 53.7 Å². The van der Waals surface area contributed by atoms with Crippen molar-refractivity contribution < 1.29 is 9.53 Å². The molecule has 0 aliphatic rings. The Morgan fingerprint density at radius 2 is 1.73 bits per heavy atom. The van der Waals surface area contributed by atoms with E-state index in [0.29, 0.717) is 40.6 Å². The third-order valence-electron chi connectivity index (χ3n) is 4.15. The predicted octanol–water partition coefficient (Wildman–Crippen LogP) is 5.41. The Hall–Kier alpha value is -2.06. The van der Waals surface area contributed by atoms with Crippen LogP contribution in [0.2, 0.25) is 10.0 Å². The molecule has 0 atom stereocenters. The zero-order valence-corrected chi connectivity index (χ0v) is 18.8. The van der Waals surface area contributed by atoms with E-state index in [0.717, 1.165) is 17.8 Å². The lowest BCUT2D eigenvalue weighted by Gasteiger charge is -2.11. The van der Waals surface area contributed by atoms with Gasteiger partial charge in [0.05, 0.1) is 5.75 Å². The summed E-state index contributed by atoms with van der Waals surface area (Å²) in [5.74, 6) is 0.829. The largest absolute Gasteiger partial charge is 0.382 e. The third kappa shape index (κ3) is 6.47. The van der Waals surface area contributed by atoms with Gasteiger partial charge in [0.2, 0.25) is 5.91 Å². The van der Waals surface area contributed by atoms with Crippen LogP contribution in [-0.4, -0.2) is 39.6 Å². The number of nitrogens with one attached hydrogen (secondary N) is 1. The van der Waals surface area contributed by atoms with E-state index >= 15 is 0 Å². The van der Waals surface area contributed by atoms with Crippen LogP contribution in [0.4, 0.5) is 5.69 Å². The molecule has 1 heterocycles. The second-order valence-corrected chi connectivity index (χ2v) is 8.17. The van der Waals surface area contributed by atoms with Gasteiger partial charge in [-0.25, -0.2) is 0 Å². The topological polar surface area (TPSA) is 69.0 Å². The number of benzene rings is 2. The van der Waals surface area contributed by atoms with Crippen LogP contribution in [0.25, 0.3) is 11.4 Å². The third-order valence-corrected chi connectivity index (χ3v) is 5.62. The fourth-order valence-electron chi connectivity index (χ4n) is 2.74. The van der Waals surface area contributed by atoms with Gasteiger partial charge in [-0.05, 0) is 61.9 Å². The Labute approximate surface area is 189 Å². The molecule has 0 aliphatic heterocycles. The van der Waals surface area contributed by atoms with E-state index in [2.05, 4.69) is 15.5 Å². The van der Waals surface area contributed by atoms with Crippen LogP contribution in [0.5, 0.6) is 0 Å². The van der Waals surface area contributed by atoms with Gasteiger partial charge < -0.3 is 14.6 Å². The molecule has 9 heteroatoms. The first-order chi connectivity index (χ1) is 14.6. The Bertz CT molecular complexity index is 962. The smallest absolute Gasteiger partial charge is 0.234 e. The fourth-order valence-corrected chi connectivity index (χ4v) is 3.76. The van der Waals surface area contributed by atoms with E-state index < -0.39 is 0 Å². The average Bonchev–Trinajstić information content (AvgIpc) is 3.15. The molecular weight excluding hydrogens is 443 g/mol. The lowest BCUT2D eigenvalue weighted by molar-refractivity contribution is -0.113. The lowest BCUT2D eigenvalue weighted by atomic mass is 10.2. The van der Waals surface area contributed by atoms with E-state index in [1.807, 2.05) is 35.8 Å². The highest BCUT2D eigenvalue weighted by atomic mass is 35.5. The summed E-state index contributed by atoms with van der Waals surface area (Å²) in [5.41, 5.74) is 1.62.